The first-order valence-corrected chi connectivity index (χ1v) is 8.54. The first kappa shape index (κ1) is 20.4. The molecule has 0 spiro atoms. The largest absolute Gasteiger partial charge is 0.494 e. The van der Waals surface area contributed by atoms with Crippen molar-refractivity contribution < 1.29 is 22.7 Å². The lowest BCUT2D eigenvalue weighted by Gasteiger charge is -2.24. The molecule has 0 aliphatic heterocycles. The quantitative estimate of drug-likeness (QED) is 0.637. The second-order valence-electron chi connectivity index (χ2n) is 6.45. The minimum atomic E-state index is -4.09. The SMILES string of the molecule is O=c1cc(O)n(C(F)(F)Cc2ccccc2)c(=O)n1C(F)(F)Cc1ccccc1. The zero-order valence-corrected chi connectivity index (χ0v) is 14.9. The highest BCUT2D eigenvalue weighted by molar-refractivity contribution is 5.19. The molecule has 0 fully saturated rings. The van der Waals surface area contributed by atoms with Gasteiger partial charge in [-0.05, 0) is 11.1 Å². The van der Waals surface area contributed by atoms with Gasteiger partial charge in [-0.25, -0.2) is 9.36 Å². The van der Waals surface area contributed by atoms with Gasteiger partial charge in [0.25, 0.3) is 5.56 Å². The molecule has 3 rings (SSSR count). The zero-order valence-electron chi connectivity index (χ0n) is 14.9. The molecule has 3 aromatic rings. The lowest BCUT2D eigenvalue weighted by Crippen LogP contribution is -2.51. The van der Waals surface area contributed by atoms with Crippen LogP contribution in [0.4, 0.5) is 17.6 Å². The van der Waals surface area contributed by atoms with Crippen LogP contribution in [0.5, 0.6) is 5.88 Å². The summed E-state index contributed by atoms with van der Waals surface area (Å²) in [6.07, 6.45) is -2.10. The summed E-state index contributed by atoms with van der Waals surface area (Å²) in [5.74, 6) is -1.40. The van der Waals surface area contributed by atoms with Gasteiger partial charge in [-0.1, -0.05) is 60.7 Å². The highest BCUT2D eigenvalue weighted by atomic mass is 19.3. The fourth-order valence-corrected chi connectivity index (χ4v) is 2.98. The monoisotopic (exact) mass is 408 g/mol. The van der Waals surface area contributed by atoms with Gasteiger partial charge in [0.2, 0.25) is 5.88 Å². The van der Waals surface area contributed by atoms with Crippen LogP contribution < -0.4 is 11.2 Å². The Kier molecular flexibility index (Phi) is 5.32. The molecule has 152 valence electrons. The normalized spacial score (nSPS) is 12.1. The Morgan fingerprint density at radius 1 is 0.724 bits per heavy atom. The Balaban J connectivity index is 2.09. The van der Waals surface area contributed by atoms with Gasteiger partial charge in [0, 0.05) is 0 Å². The van der Waals surface area contributed by atoms with E-state index in [1.54, 1.807) is 12.1 Å². The molecule has 0 bridgehead atoms. The predicted octanol–water partition coefficient (Wildman–Crippen LogP) is 3.30. The summed E-state index contributed by atoms with van der Waals surface area (Å²) in [6, 6.07) is 6.57. The fraction of sp³-hybridized carbons (Fsp3) is 0.200. The van der Waals surface area contributed by atoms with Crippen molar-refractivity contribution in [1.82, 2.24) is 9.13 Å². The second kappa shape index (κ2) is 7.57. The lowest BCUT2D eigenvalue weighted by molar-refractivity contribution is -0.111. The van der Waals surface area contributed by atoms with E-state index in [1.165, 1.54) is 48.5 Å². The van der Waals surface area contributed by atoms with E-state index in [2.05, 4.69) is 0 Å². The van der Waals surface area contributed by atoms with Crippen LogP contribution in [0.3, 0.4) is 0 Å². The molecule has 0 saturated heterocycles. The Morgan fingerprint density at radius 2 is 1.14 bits per heavy atom. The molecule has 1 aromatic heterocycles. The molecule has 1 N–H and O–H groups in total. The van der Waals surface area contributed by atoms with Crippen LogP contribution >= 0.6 is 0 Å². The van der Waals surface area contributed by atoms with E-state index in [0.717, 1.165) is 0 Å². The van der Waals surface area contributed by atoms with E-state index in [0.29, 0.717) is 0 Å². The summed E-state index contributed by atoms with van der Waals surface area (Å²) in [5, 5.41) is 9.79. The van der Waals surface area contributed by atoms with Crippen LogP contribution in [-0.2, 0) is 24.9 Å². The van der Waals surface area contributed by atoms with E-state index in [9.17, 15) is 32.3 Å². The number of aromatic nitrogens is 2. The minimum absolute atomic E-state index is 0.0967. The van der Waals surface area contributed by atoms with Gasteiger partial charge in [0.15, 0.2) is 0 Å². The molecule has 0 aliphatic rings. The molecule has 0 radical (unpaired) electrons. The maximum atomic E-state index is 14.7. The highest BCUT2D eigenvalue weighted by Gasteiger charge is 2.41. The number of halogens is 4. The van der Waals surface area contributed by atoms with Crippen LogP contribution in [0, 0.1) is 0 Å². The Labute approximate surface area is 162 Å². The van der Waals surface area contributed by atoms with Crippen molar-refractivity contribution in [3.05, 3.63) is 98.7 Å². The van der Waals surface area contributed by atoms with Gasteiger partial charge in [-0.3, -0.25) is 4.79 Å². The molecule has 1 heterocycles. The average Bonchev–Trinajstić information content (AvgIpc) is 2.61. The maximum absolute atomic E-state index is 14.7. The summed E-state index contributed by atoms with van der Waals surface area (Å²) in [5.41, 5.74) is -3.38. The van der Waals surface area contributed by atoms with Gasteiger partial charge in [-0.2, -0.15) is 22.1 Å². The van der Waals surface area contributed by atoms with E-state index in [4.69, 9.17) is 0 Å². The molecule has 0 aliphatic carbocycles. The van der Waals surface area contributed by atoms with Crippen molar-refractivity contribution in [1.29, 1.82) is 0 Å². The molecule has 9 heteroatoms. The molecule has 0 unspecified atom stereocenters. The van der Waals surface area contributed by atoms with Crippen LogP contribution in [-0.4, -0.2) is 14.2 Å². The van der Waals surface area contributed by atoms with Crippen molar-refractivity contribution in [2.24, 2.45) is 0 Å². The second-order valence-corrected chi connectivity index (χ2v) is 6.45. The Bertz CT molecular complexity index is 1110. The third-order valence-corrected chi connectivity index (χ3v) is 4.26. The van der Waals surface area contributed by atoms with E-state index >= 15 is 0 Å². The highest BCUT2D eigenvalue weighted by Crippen LogP contribution is 2.29. The smallest absolute Gasteiger partial charge is 0.343 e. The predicted molar refractivity (Wildman–Crippen MR) is 97.3 cm³/mol. The first-order valence-electron chi connectivity index (χ1n) is 8.54. The van der Waals surface area contributed by atoms with E-state index < -0.39 is 51.2 Å². The summed E-state index contributed by atoms with van der Waals surface area (Å²) in [4.78, 5) is 24.5. The standard InChI is InChI=1S/C20H16F4N2O3/c21-19(22,12-14-7-3-1-4-8-14)25-16(27)11-17(28)26(18(25)29)20(23,24)13-15-9-5-2-6-10-15/h1-11,27H,12-13H2. The third-order valence-electron chi connectivity index (χ3n) is 4.26. The molecule has 29 heavy (non-hydrogen) atoms. The Hall–Kier alpha value is -3.36. The van der Waals surface area contributed by atoms with Gasteiger partial charge in [0.05, 0.1) is 18.9 Å². The molecule has 0 saturated carbocycles. The van der Waals surface area contributed by atoms with E-state index in [-0.39, 0.29) is 17.2 Å². The van der Waals surface area contributed by atoms with Gasteiger partial charge in [0.1, 0.15) is 0 Å². The third kappa shape index (κ3) is 4.23. The van der Waals surface area contributed by atoms with Gasteiger partial charge >= 0.3 is 17.8 Å². The summed E-state index contributed by atoms with van der Waals surface area (Å²) >= 11 is 0. The number of hydrogen-bond acceptors (Lipinski definition) is 3. The van der Waals surface area contributed by atoms with Crippen LogP contribution in [0.2, 0.25) is 0 Å². The number of hydrogen-bond donors (Lipinski definition) is 1. The summed E-state index contributed by atoms with van der Waals surface area (Å²) in [7, 11) is 0. The fourth-order valence-electron chi connectivity index (χ4n) is 2.98. The summed E-state index contributed by atoms with van der Waals surface area (Å²) in [6.45, 7) is 0. The number of benzene rings is 2. The topological polar surface area (TPSA) is 64.2 Å². The van der Waals surface area contributed by atoms with Crippen molar-refractivity contribution in [2.45, 2.75) is 24.9 Å². The molecular formula is C20H16F4N2O3. The van der Waals surface area contributed by atoms with Crippen molar-refractivity contribution >= 4 is 0 Å². The molecule has 2 aromatic carbocycles. The minimum Gasteiger partial charge on any atom is -0.494 e. The molecule has 0 amide bonds. The van der Waals surface area contributed by atoms with Crippen molar-refractivity contribution in [2.75, 3.05) is 0 Å². The average molecular weight is 408 g/mol. The zero-order chi connectivity index (χ0) is 21.2. The molecule has 0 atom stereocenters. The van der Waals surface area contributed by atoms with E-state index in [1.807, 2.05) is 0 Å². The number of rotatable bonds is 6. The maximum Gasteiger partial charge on any atom is 0.343 e. The van der Waals surface area contributed by atoms with Gasteiger partial charge in [-0.15, -0.1) is 0 Å². The first-order chi connectivity index (χ1) is 13.6. The number of nitrogens with zero attached hydrogens (tertiary/aromatic N) is 2. The van der Waals surface area contributed by atoms with Crippen molar-refractivity contribution in [3.63, 3.8) is 0 Å². The van der Waals surface area contributed by atoms with Gasteiger partial charge < -0.3 is 5.11 Å². The Morgan fingerprint density at radius 3 is 1.59 bits per heavy atom. The van der Waals surface area contributed by atoms with Crippen LogP contribution in [0.15, 0.2) is 76.3 Å². The molecule has 5 nitrogen and oxygen atoms in total. The summed E-state index contributed by atoms with van der Waals surface area (Å²) < 4.78 is 57.8. The van der Waals surface area contributed by atoms with Crippen LogP contribution in [0.1, 0.15) is 11.1 Å². The number of alkyl halides is 4. The number of aromatic hydroxyl groups is 1. The molecular weight excluding hydrogens is 392 g/mol. The lowest BCUT2D eigenvalue weighted by atomic mass is 10.1. The van der Waals surface area contributed by atoms with Crippen LogP contribution in [0.25, 0.3) is 0 Å². The van der Waals surface area contributed by atoms with Crippen molar-refractivity contribution in [3.8, 4) is 5.88 Å².